The maximum absolute atomic E-state index is 12.1. The van der Waals surface area contributed by atoms with Crippen LogP contribution in [0.1, 0.15) is 0 Å². The van der Waals surface area contributed by atoms with E-state index in [1.54, 1.807) is 0 Å². The van der Waals surface area contributed by atoms with Crippen LogP contribution in [0, 0.1) is 0 Å². The number of aliphatic carboxylic acids is 1. The SMILES string of the molecule is O=C(O[C@@]1(C(=O)O)O[C@H](O)[C@H](O)[C@H](O)[C@H]1O)[C@H]1O[C@@H](O)[C@@H](O)[C@H](O)[C@@H]1O. The highest BCUT2D eigenvalue weighted by Gasteiger charge is 2.63. The van der Waals surface area contributed by atoms with Gasteiger partial charge in [-0.25, -0.2) is 9.59 Å². The summed E-state index contributed by atoms with van der Waals surface area (Å²) in [5, 5.41) is 85.5. The molecule has 0 bridgehead atoms. The first kappa shape index (κ1) is 20.8. The summed E-state index contributed by atoms with van der Waals surface area (Å²) in [7, 11) is 0. The Morgan fingerprint density at radius 2 is 1.31 bits per heavy atom. The largest absolute Gasteiger partial charge is 0.476 e. The molecule has 0 saturated carbocycles. The van der Waals surface area contributed by atoms with Crippen LogP contribution in [0.15, 0.2) is 0 Å². The number of carboxylic acids is 1. The monoisotopic (exact) mass is 386 g/mol. The van der Waals surface area contributed by atoms with E-state index in [2.05, 4.69) is 14.2 Å². The van der Waals surface area contributed by atoms with Crippen LogP contribution in [0.2, 0.25) is 0 Å². The third kappa shape index (κ3) is 3.27. The molecule has 26 heavy (non-hydrogen) atoms. The minimum absolute atomic E-state index is 1.79. The zero-order chi connectivity index (χ0) is 20.0. The van der Waals surface area contributed by atoms with Crippen molar-refractivity contribution < 1.29 is 69.8 Å². The highest BCUT2D eigenvalue weighted by Crippen LogP contribution is 2.32. The molecule has 14 nitrogen and oxygen atoms in total. The van der Waals surface area contributed by atoms with Crippen LogP contribution in [0.25, 0.3) is 0 Å². The lowest BCUT2D eigenvalue weighted by Gasteiger charge is -2.44. The lowest BCUT2D eigenvalue weighted by molar-refractivity contribution is -0.376. The van der Waals surface area contributed by atoms with Crippen molar-refractivity contribution in [1.29, 1.82) is 0 Å². The summed E-state index contributed by atoms with van der Waals surface area (Å²) in [6.07, 6.45) is -20.0. The van der Waals surface area contributed by atoms with Crippen LogP contribution in [0.3, 0.4) is 0 Å². The fraction of sp³-hybridized carbons (Fsp3) is 0.833. The molecule has 2 heterocycles. The number of hydrogen-bond donors (Lipinski definition) is 9. The molecule has 2 aliphatic rings. The number of aliphatic hydroxyl groups is 8. The summed E-state index contributed by atoms with van der Waals surface area (Å²) in [6.45, 7) is 0. The average molecular weight is 386 g/mol. The van der Waals surface area contributed by atoms with Gasteiger partial charge in [0, 0.05) is 0 Å². The summed E-state index contributed by atoms with van der Waals surface area (Å²) in [6, 6.07) is 0. The molecular weight excluding hydrogens is 368 g/mol. The lowest BCUT2D eigenvalue weighted by atomic mass is 9.95. The molecule has 2 fully saturated rings. The Labute approximate surface area is 144 Å². The van der Waals surface area contributed by atoms with Crippen LogP contribution >= 0.6 is 0 Å². The van der Waals surface area contributed by atoms with Crippen molar-refractivity contribution in [3.63, 3.8) is 0 Å². The molecule has 0 unspecified atom stereocenters. The number of rotatable bonds is 3. The summed E-state index contributed by atoms with van der Waals surface area (Å²) < 4.78 is 13.4. The van der Waals surface area contributed by atoms with Crippen LogP contribution in [0.5, 0.6) is 0 Å². The smallest absolute Gasteiger partial charge is 0.380 e. The molecule has 0 amide bonds. The normalized spacial score (nSPS) is 49.5. The van der Waals surface area contributed by atoms with Crippen LogP contribution in [-0.4, -0.2) is 119 Å². The zero-order valence-corrected chi connectivity index (χ0v) is 12.8. The van der Waals surface area contributed by atoms with Crippen molar-refractivity contribution in [3.8, 4) is 0 Å². The van der Waals surface area contributed by atoms with Crippen molar-refractivity contribution in [1.82, 2.24) is 0 Å². The molecule has 2 aliphatic heterocycles. The first-order chi connectivity index (χ1) is 11.9. The Bertz CT molecular complexity index is 554. The van der Waals surface area contributed by atoms with Gasteiger partial charge in [-0.05, 0) is 0 Å². The third-order valence-electron chi connectivity index (χ3n) is 4.02. The topological polar surface area (TPSA) is 244 Å². The molecule has 0 aromatic rings. The fourth-order valence-electron chi connectivity index (χ4n) is 2.47. The first-order valence-electron chi connectivity index (χ1n) is 7.18. The number of ether oxygens (including phenoxy) is 3. The standard InChI is InChI=1S/C12H18O14/c13-1-2(14)6(24-8(19)4(1)16)10(21)26-12(11(22)23)7(18)3(15)5(17)9(20)25-12/h1-9,13-20H,(H,22,23)/t1-,2+,3+,4+,5-,6+,7-,8-,9+,12+/m1/s1. The predicted molar refractivity (Wildman–Crippen MR) is 70.5 cm³/mol. The molecule has 10 atom stereocenters. The van der Waals surface area contributed by atoms with Crippen molar-refractivity contribution in [2.75, 3.05) is 0 Å². The first-order valence-corrected chi connectivity index (χ1v) is 7.18. The van der Waals surface area contributed by atoms with E-state index >= 15 is 0 Å². The summed E-state index contributed by atoms with van der Waals surface area (Å²) in [5.41, 5.74) is 0. The van der Waals surface area contributed by atoms with Gasteiger partial charge >= 0.3 is 17.7 Å². The second-order valence-electron chi connectivity index (χ2n) is 5.75. The van der Waals surface area contributed by atoms with Crippen molar-refractivity contribution in [2.24, 2.45) is 0 Å². The molecule has 14 heteroatoms. The number of aliphatic hydroxyl groups excluding tert-OH is 8. The number of carbonyl (C=O) groups excluding carboxylic acids is 1. The van der Waals surface area contributed by atoms with E-state index in [4.69, 9.17) is 0 Å². The number of carbonyl (C=O) groups is 2. The predicted octanol–water partition coefficient (Wildman–Crippen LogP) is -6.46. The Morgan fingerprint density at radius 3 is 1.85 bits per heavy atom. The van der Waals surface area contributed by atoms with Crippen LogP contribution in [0.4, 0.5) is 0 Å². The second-order valence-corrected chi connectivity index (χ2v) is 5.75. The molecule has 9 N–H and O–H groups in total. The van der Waals surface area contributed by atoms with Gasteiger partial charge in [0.15, 0.2) is 24.8 Å². The van der Waals surface area contributed by atoms with E-state index in [0.717, 1.165) is 0 Å². The molecule has 2 saturated heterocycles. The van der Waals surface area contributed by atoms with Gasteiger partial charge < -0.3 is 55.4 Å². The number of esters is 1. The Morgan fingerprint density at radius 1 is 0.769 bits per heavy atom. The maximum atomic E-state index is 12.1. The molecule has 0 aliphatic carbocycles. The van der Waals surface area contributed by atoms with E-state index in [9.17, 15) is 55.5 Å². The maximum Gasteiger partial charge on any atom is 0.380 e. The van der Waals surface area contributed by atoms with Crippen molar-refractivity contribution in [3.05, 3.63) is 0 Å². The van der Waals surface area contributed by atoms with E-state index in [-0.39, 0.29) is 0 Å². The Hall–Kier alpha value is -1.46. The lowest BCUT2D eigenvalue weighted by Crippen LogP contribution is -2.70. The highest BCUT2D eigenvalue weighted by molar-refractivity contribution is 5.83. The fourth-order valence-corrected chi connectivity index (χ4v) is 2.47. The summed E-state index contributed by atoms with van der Waals surface area (Å²) >= 11 is 0. The van der Waals surface area contributed by atoms with Gasteiger partial charge in [0.1, 0.15) is 30.5 Å². The Balaban J connectivity index is 2.27. The molecule has 0 spiro atoms. The highest BCUT2D eigenvalue weighted by atomic mass is 16.8. The molecule has 2 rings (SSSR count). The minimum atomic E-state index is -3.41. The van der Waals surface area contributed by atoms with Crippen molar-refractivity contribution >= 4 is 11.9 Å². The second kappa shape index (κ2) is 7.28. The molecule has 0 radical (unpaired) electrons. The quantitative estimate of drug-likeness (QED) is 0.205. The average Bonchev–Trinajstić information content (AvgIpc) is 2.58. The Kier molecular flexibility index (Phi) is 5.83. The van der Waals surface area contributed by atoms with Gasteiger partial charge in [-0.1, -0.05) is 0 Å². The zero-order valence-electron chi connectivity index (χ0n) is 12.8. The van der Waals surface area contributed by atoms with E-state index < -0.39 is 73.0 Å². The van der Waals surface area contributed by atoms with Crippen molar-refractivity contribution in [2.45, 2.75) is 61.1 Å². The van der Waals surface area contributed by atoms with Gasteiger partial charge in [-0.15, -0.1) is 0 Å². The molecule has 150 valence electrons. The number of hydrogen-bond acceptors (Lipinski definition) is 13. The van der Waals surface area contributed by atoms with Gasteiger partial charge in [0.05, 0.1) is 0 Å². The molecule has 0 aromatic heterocycles. The number of carboxylic acid groups (broad SMARTS) is 1. The van der Waals surface area contributed by atoms with Gasteiger partial charge in [-0.2, -0.15) is 0 Å². The van der Waals surface area contributed by atoms with Gasteiger partial charge in [-0.3, -0.25) is 4.74 Å². The van der Waals surface area contributed by atoms with E-state index in [1.807, 2.05) is 0 Å². The molecular formula is C12H18O14. The summed E-state index contributed by atoms with van der Waals surface area (Å²) in [5.74, 6) is -7.40. The van der Waals surface area contributed by atoms with Crippen LogP contribution in [-0.2, 0) is 23.8 Å². The minimum Gasteiger partial charge on any atom is -0.476 e. The molecule has 0 aromatic carbocycles. The van der Waals surface area contributed by atoms with Crippen LogP contribution < -0.4 is 0 Å². The van der Waals surface area contributed by atoms with E-state index in [1.165, 1.54) is 0 Å². The summed E-state index contributed by atoms with van der Waals surface area (Å²) in [4.78, 5) is 23.6. The van der Waals surface area contributed by atoms with Gasteiger partial charge in [0.2, 0.25) is 0 Å². The van der Waals surface area contributed by atoms with E-state index in [0.29, 0.717) is 0 Å². The third-order valence-corrected chi connectivity index (χ3v) is 4.02. The van der Waals surface area contributed by atoms with Gasteiger partial charge in [0.25, 0.3) is 0 Å².